The van der Waals surface area contributed by atoms with Crippen molar-refractivity contribution < 1.29 is 19.2 Å². The predicted octanol–water partition coefficient (Wildman–Crippen LogP) is 4.93. The SMILES string of the molecule is CON(C)C(=O)c1ccc(C)c([C@H]2CCC[C@@H](c3ncccc3C)N2C(=O)OC(C)(C)C)n1. The molecule has 2 aromatic heterocycles. The van der Waals surface area contributed by atoms with Gasteiger partial charge in [0, 0.05) is 13.2 Å². The minimum absolute atomic E-state index is 0.248. The van der Waals surface area contributed by atoms with Crippen LogP contribution in [0.3, 0.4) is 0 Å². The van der Waals surface area contributed by atoms with Crippen LogP contribution in [0.5, 0.6) is 0 Å². The third kappa shape index (κ3) is 5.50. The van der Waals surface area contributed by atoms with Crippen molar-refractivity contribution in [1.82, 2.24) is 19.9 Å². The van der Waals surface area contributed by atoms with Gasteiger partial charge in [-0.15, -0.1) is 0 Å². The molecule has 0 bridgehead atoms. The van der Waals surface area contributed by atoms with E-state index in [0.717, 1.165) is 34.7 Å². The number of piperidine rings is 1. The average molecular weight is 455 g/mol. The molecule has 0 unspecified atom stereocenters. The Kier molecular flexibility index (Phi) is 7.37. The summed E-state index contributed by atoms with van der Waals surface area (Å²) in [6.45, 7) is 9.51. The highest BCUT2D eigenvalue weighted by molar-refractivity contribution is 5.91. The van der Waals surface area contributed by atoms with E-state index in [0.29, 0.717) is 12.1 Å². The van der Waals surface area contributed by atoms with Gasteiger partial charge >= 0.3 is 6.09 Å². The van der Waals surface area contributed by atoms with Crippen molar-refractivity contribution in [3.63, 3.8) is 0 Å². The first kappa shape index (κ1) is 24.6. The largest absolute Gasteiger partial charge is 0.444 e. The second kappa shape index (κ2) is 9.87. The number of likely N-dealkylation sites (tertiary alicyclic amines) is 1. The van der Waals surface area contributed by atoms with E-state index in [2.05, 4.69) is 4.98 Å². The van der Waals surface area contributed by atoms with E-state index in [1.54, 1.807) is 17.2 Å². The Labute approximate surface area is 195 Å². The maximum Gasteiger partial charge on any atom is 0.411 e. The van der Waals surface area contributed by atoms with Gasteiger partial charge < -0.3 is 4.74 Å². The fraction of sp³-hybridized carbons (Fsp3) is 0.520. The van der Waals surface area contributed by atoms with Gasteiger partial charge in [-0.3, -0.25) is 19.5 Å². The molecule has 0 saturated carbocycles. The molecule has 33 heavy (non-hydrogen) atoms. The summed E-state index contributed by atoms with van der Waals surface area (Å²) >= 11 is 0. The summed E-state index contributed by atoms with van der Waals surface area (Å²) in [7, 11) is 2.97. The topological polar surface area (TPSA) is 84.9 Å². The summed E-state index contributed by atoms with van der Waals surface area (Å²) in [6.07, 6.45) is 3.73. The first-order valence-electron chi connectivity index (χ1n) is 11.3. The van der Waals surface area contributed by atoms with E-state index in [1.165, 1.54) is 14.2 Å². The van der Waals surface area contributed by atoms with Crippen LogP contribution < -0.4 is 0 Å². The van der Waals surface area contributed by atoms with Crippen LogP contribution in [0.2, 0.25) is 0 Å². The van der Waals surface area contributed by atoms with E-state index >= 15 is 0 Å². The van der Waals surface area contributed by atoms with E-state index < -0.39 is 11.7 Å². The van der Waals surface area contributed by atoms with Crippen LogP contribution in [0.15, 0.2) is 30.5 Å². The van der Waals surface area contributed by atoms with Gasteiger partial charge in [0.2, 0.25) is 0 Å². The van der Waals surface area contributed by atoms with Crippen LogP contribution in [0.1, 0.15) is 85.1 Å². The maximum atomic E-state index is 13.5. The molecule has 1 saturated heterocycles. The molecule has 0 N–H and O–H groups in total. The molecule has 2 aromatic rings. The number of hydrogen-bond acceptors (Lipinski definition) is 6. The molecule has 8 heteroatoms. The van der Waals surface area contributed by atoms with Crippen molar-refractivity contribution in [2.75, 3.05) is 14.2 Å². The van der Waals surface area contributed by atoms with Gasteiger partial charge in [0.25, 0.3) is 5.91 Å². The molecule has 2 atom stereocenters. The smallest absolute Gasteiger partial charge is 0.411 e. The molecule has 8 nitrogen and oxygen atoms in total. The van der Waals surface area contributed by atoms with Crippen LogP contribution in [-0.2, 0) is 9.57 Å². The molecule has 1 aliphatic rings. The number of carbonyl (C=O) groups excluding carboxylic acids is 2. The lowest BCUT2D eigenvalue weighted by Crippen LogP contribution is -2.44. The molecular formula is C25H34N4O4. The second-order valence-electron chi connectivity index (χ2n) is 9.44. The van der Waals surface area contributed by atoms with Gasteiger partial charge in [-0.05, 0) is 77.1 Å². The Morgan fingerprint density at radius 1 is 1.06 bits per heavy atom. The van der Waals surface area contributed by atoms with Crippen LogP contribution >= 0.6 is 0 Å². The highest BCUT2D eigenvalue weighted by Crippen LogP contribution is 2.43. The van der Waals surface area contributed by atoms with E-state index in [1.807, 2.05) is 52.8 Å². The fourth-order valence-electron chi connectivity index (χ4n) is 4.20. The third-order valence-electron chi connectivity index (χ3n) is 5.83. The average Bonchev–Trinajstić information content (AvgIpc) is 2.77. The minimum atomic E-state index is -0.649. The van der Waals surface area contributed by atoms with Crippen molar-refractivity contribution >= 4 is 12.0 Å². The highest BCUT2D eigenvalue weighted by atomic mass is 16.7. The summed E-state index contributed by atoms with van der Waals surface area (Å²) < 4.78 is 5.83. The molecule has 3 rings (SSSR count). The van der Waals surface area contributed by atoms with Crippen molar-refractivity contribution in [2.45, 2.75) is 71.6 Å². The quantitative estimate of drug-likeness (QED) is 0.609. The molecule has 3 heterocycles. The standard InChI is InChI=1S/C25H34N4O4/c1-16-10-9-15-26-21(16)19-11-8-12-20(29(19)24(31)33-25(3,4)5)22-17(2)13-14-18(27-22)23(30)28(6)32-7/h9-10,13-15,19-20H,8,11-12H2,1-7H3/t19-,20+/m0/s1. The van der Waals surface area contributed by atoms with E-state index in [4.69, 9.17) is 14.6 Å². The number of hydrogen-bond donors (Lipinski definition) is 0. The van der Waals surface area contributed by atoms with Crippen molar-refractivity contribution in [2.24, 2.45) is 0 Å². The number of pyridine rings is 2. The molecule has 1 aliphatic heterocycles. The van der Waals surface area contributed by atoms with Crippen LogP contribution in [0.4, 0.5) is 4.79 Å². The Hall–Kier alpha value is -3.00. The lowest BCUT2D eigenvalue weighted by Gasteiger charge is -2.42. The van der Waals surface area contributed by atoms with Gasteiger partial charge in [-0.25, -0.2) is 14.8 Å². The van der Waals surface area contributed by atoms with Crippen LogP contribution in [-0.4, -0.2) is 51.7 Å². The second-order valence-corrected chi connectivity index (χ2v) is 9.44. The van der Waals surface area contributed by atoms with Gasteiger partial charge in [-0.1, -0.05) is 12.1 Å². The lowest BCUT2D eigenvalue weighted by atomic mass is 9.89. The Morgan fingerprint density at radius 2 is 1.70 bits per heavy atom. The van der Waals surface area contributed by atoms with E-state index in [-0.39, 0.29) is 23.7 Å². The fourth-order valence-corrected chi connectivity index (χ4v) is 4.20. The molecule has 178 valence electrons. The molecule has 2 amide bonds. The number of ether oxygens (including phenoxy) is 1. The third-order valence-corrected chi connectivity index (χ3v) is 5.83. The molecule has 1 fully saturated rings. The first-order valence-corrected chi connectivity index (χ1v) is 11.3. The number of aryl methyl sites for hydroxylation is 2. The summed E-state index contributed by atoms with van der Waals surface area (Å²) in [5, 5.41) is 1.13. The number of rotatable bonds is 4. The van der Waals surface area contributed by atoms with Gasteiger partial charge in [0.05, 0.1) is 30.6 Å². The van der Waals surface area contributed by atoms with Crippen LogP contribution in [0, 0.1) is 13.8 Å². The monoisotopic (exact) mass is 454 g/mol. The Bertz CT molecular complexity index is 1020. The molecule has 0 spiro atoms. The van der Waals surface area contributed by atoms with Gasteiger partial charge in [-0.2, -0.15) is 0 Å². The van der Waals surface area contributed by atoms with E-state index in [9.17, 15) is 9.59 Å². The Morgan fingerprint density at radius 3 is 2.30 bits per heavy atom. The predicted molar refractivity (Wildman–Crippen MR) is 124 cm³/mol. The summed E-state index contributed by atoms with van der Waals surface area (Å²) in [5.74, 6) is -0.351. The number of aromatic nitrogens is 2. The van der Waals surface area contributed by atoms with Crippen molar-refractivity contribution in [3.05, 3.63) is 58.7 Å². The summed E-state index contributed by atoms with van der Waals surface area (Å²) in [5.41, 5.74) is 3.09. The van der Waals surface area contributed by atoms with Gasteiger partial charge in [0.1, 0.15) is 11.3 Å². The van der Waals surface area contributed by atoms with Crippen LogP contribution in [0.25, 0.3) is 0 Å². The zero-order valence-corrected chi connectivity index (χ0v) is 20.6. The number of amides is 2. The van der Waals surface area contributed by atoms with Crippen molar-refractivity contribution in [3.8, 4) is 0 Å². The maximum absolute atomic E-state index is 13.5. The van der Waals surface area contributed by atoms with Gasteiger partial charge in [0.15, 0.2) is 0 Å². The molecule has 0 aromatic carbocycles. The normalized spacial score (nSPS) is 18.7. The lowest BCUT2D eigenvalue weighted by molar-refractivity contribution is -0.0760. The van der Waals surface area contributed by atoms with Crippen molar-refractivity contribution in [1.29, 1.82) is 0 Å². The Balaban J connectivity index is 2.09. The number of hydroxylamine groups is 2. The summed E-state index contributed by atoms with van der Waals surface area (Å²) in [4.78, 5) is 42.3. The zero-order valence-electron chi connectivity index (χ0n) is 20.6. The molecule has 0 radical (unpaired) electrons. The minimum Gasteiger partial charge on any atom is -0.444 e. The first-order chi connectivity index (χ1) is 15.5. The summed E-state index contributed by atoms with van der Waals surface area (Å²) in [6, 6.07) is 6.84. The number of carbonyl (C=O) groups is 2. The zero-order chi connectivity index (χ0) is 24.3. The highest BCUT2D eigenvalue weighted by Gasteiger charge is 2.41. The molecular weight excluding hydrogens is 420 g/mol. The number of nitrogens with zero attached hydrogens (tertiary/aromatic N) is 4. The molecule has 0 aliphatic carbocycles.